The first-order valence-corrected chi connectivity index (χ1v) is 7.48. The van der Waals surface area contributed by atoms with Gasteiger partial charge in [-0.05, 0) is 24.6 Å². The molecule has 0 spiro atoms. The molecule has 4 rings (SSSR count). The predicted molar refractivity (Wildman–Crippen MR) is 84.5 cm³/mol. The topological polar surface area (TPSA) is 78.7 Å². The summed E-state index contributed by atoms with van der Waals surface area (Å²) >= 11 is 0. The van der Waals surface area contributed by atoms with E-state index in [1.807, 2.05) is 13.2 Å². The van der Waals surface area contributed by atoms with Crippen molar-refractivity contribution in [2.45, 2.75) is 25.9 Å². The molecule has 0 amide bonds. The second-order valence-corrected chi connectivity index (χ2v) is 5.99. The number of hydrogen-bond donors (Lipinski definition) is 1. The van der Waals surface area contributed by atoms with Gasteiger partial charge >= 0.3 is 0 Å². The minimum atomic E-state index is -0.470. The lowest BCUT2D eigenvalue weighted by Crippen LogP contribution is -2.28. The lowest BCUT2D eigenvalue weighted by molar-refractivity contribution is 0.619. The Morgan fingerprint density at radius 1 is 1.39 bits per heavy atom. The number of rotatable bonds is 1. The highest BCUT2D eigenvalue weighted by Crippen LogP contribution is 2.29. The molecule has 118 valence electrons. The standard InChI is InChI=1S/C16H16FN5O/c1-8(18)10-5-9(17)6-11-14(10)19-15-12-7-21(2)20-13(12)3-4-22(15)16(11)23/h5-8H,3-4,18H2,1-2H3/t8-/m1/s1. The van der Waals surface area contributed by atoms with Crippen LogP contribution in [0.1, 0.15) is 24.2 Å². The highest BCUT2D eigenvalue weighted by Gasteiger charge is 2.24. The Morgan fingerprint density at radius 3 is 2.91 bits per heavy atom. The van der Waals surface area contributed by atoms with Crippen molar-refractivity contribution in [3.8, 4) is 11.4 Å². The van der Waals surface area contributed by atoms with Crippen molar-refractivity contribution >= 4 is 10.9 Å². The molecule has 1 aromatic carbocycles. The lowest BCUT2D eigenvalue weighted by atomic mass is 10.0. The van der Waals surface area contributed by atoms with Crippen molar-refractivity contribution in [2.24, 2.45) is 12.8 Å². The largest absolute Gasteiger partial charge is 0.324 e. The van der Waals surface area contributed by atoms with Crippen molar-refractivity contribution in [1.82, 2.24) is 19.3 Å². The van der Waals surface area contributed by atoms with Crippen LogP contribution in [0.2, 0.25) is 0 Å². The molecule has 1 aliphatic rings. The van der Waals surface area contributed by atoms with Crippen LogP contribution in [-0.2, 0) is 20.0 Å². The molecule has 2 aromatic heterocycles. The van der Waals surface area contributed by atoms with E-state index in [2.05, 4.69) is 10.1 Å². The van der Waals surface area contributed by atoms with Crippen LogP contribution in [0, 0.1) is 5.82 Å². The lowest BCUT2D eigenvalue weighted by Gasteiger charge is -2.19. The maximum absolute atomic E-state index is 13.9. The normalized spacial score (nSPS) is 14.6. The van der Waals surface area contributed by atoms with Gasteiger partial charge in [-0.15, -0.1) is 0 Å². The number of benzene rings is 1. The van der Waals surface area contributed by atoms with Crippen LogP contribution >= 0.6 is 0 Å². The first-order chi connectivity index (χ1) is 11.0. The first-order valence-electron chi connectivity index (χ1n) is 7.48. The zero-order valence-electron chi connectivity index (χ0n) is 12.9. The van der Waals surface area contributed by atoms with Crippen molar-refractivity contribution in [1.29, 1.82) is 0 Å². The van der Waals surface area contributed by atoms with Crippen molar-refractivity contribution < 1.29 is 4.39 Å². The Labute approximate surface area is 131 Å². The third-order valence-corrected chi connectivity index (χ3v) is 4.26. The van der Waals surface area contributed by atoms with Gasteiger partial charge in [0.05, 0.1) is 22.2 Å². The van der Waals surface area contributed by atoms with Crippen LogP contribution in [0.15, 0.2) is 23.1 Å². The summed E-state index contributed by atoms with van der Waals surface area (Å²) < 4.78 is 17.2. The highest BCUT2D eigenvalue weighted by atomic mass is 19.1. The third kappa shape index (κ3) is 2.00. The molecule has 0 aliphatic carbocycles. The summed E-state index contributed by atoms with van der Waals surface area (Å²) in [5.74, 6) is 0.104. The number of nitrogens with zero attached hydrogens (tertiary/aromatic N) is 4. The van der Waals surface area contributed by atoms with E-state index in [4.69, 9.17) is 5.73 Å². The molecule has 0 bridgehead atoms. The molecule has 1 atom stereocenters. The highest BCUT2D eigenvalue weighted by molar-refractivity contribution is 5.83. The summed E-state index contributed by atoms with van der Waals surface area (Å²) in [6.45, 7) is 2.24. The SMILES string of the molecule is C[C@@H](N)c1cc(F)cc2c(=O)n3c(nc12)-c1cn(C)nc1CC3. The van der Waals surface area contributed by atoms with Gasteiger partial charge < -0.3 is 5.73 Å². The molecule has 7 heteroatoms. The van der Waals surface area contributed by atoms with Gasteiger partial charge in [0.25, 0.3) is 5.56 Å². The van der Waals surface area contributed by atoms with Crippen molar-refractivity contribution in [3.05, 3.63) is 45.8 Å². The van der Waals surface area contributed by atoms with E-state index in [1.54, 1.807) is 16.2 Å². The molecular weight excluding hydrogens is 297 g/mol. The number of hydrogen-bond acceptors (Lipinski definition) is 4. The average Bonchev–Trinajstić information content (AvgIpc) is 2.88. The van der Waals surface area contributed by atoms with Gasteiger partial charge in [-0.2, -0.15) is 5.10 Å². The van der Waals surface area contributed by atoms with Gasteiger partial charge in [-0.3, -0.25) is 14.0 Å². The van der Waals surface area contributed by atoms with Crippen LogP contribution in [0.3, 0.4) is 0 Å². The predicted octanol–water partition coefficient (Wildman–Crippen LogP) is 1.51. The van der Waals surface area contributed by atoms with E-state index < -0.39 is 11.9 Å². The summed E-state index contributed by atoms with van der Waals surface area (Å²) in [4.78, 5) is 17.5. The van der Waals surface area contributed by atoms with E-state index in [0.717, 1.165) is 11.3 Å². The third-order valence-electron chi connectivity index (χ3n) is 4.26. The summed E-state index contributed by atoms with van der Waals surface area (Å²) in [5, 5.41) is 4.68. The fraction of sp³-hybridized carbons (Fsp3) is 0.312. The van der Waals surface area contributed by atoms with E-state index in [0.29, 0.717) is 29.9 Å². The van der Waals surface area contributed by atoms with Crippen LogP contribution in [0.25, 0.3) is 22.3 Å². The van der Waals surface area contributed by atoms with Crippen LogP contribution in [0.5, 0.6) is 0 Å². The molecule has 6 nitrogen and oxygen atoms in total. The minimum Gasteiger partial charge on any atom is -0.324 e. The van der Waals surface area contributed by atoms with E-state index >= 15 is 0 Å². The molecule has 23 heavy (non-hydrogen) atoms. The van der Waals surface area contributed by atoms with Gasteiger partial charge in [-0.25, -0.2) is 9.37 Å². The molecule has 0 unspecified atom stereocenters. The molecule has 0 radical (unpaired) electrons. The second-order valence-electron chi connectivity index (χ2n) is 5.99. The summed E-state index contributed by atoms with van der Waals surface area (Å²) in [6, 6.07) is 2.17. The average molecular weight is 313 g/mol. The van der Waals surface area contributed by atoms with Crippen molar-refractivity contribution in [3.63, 3.8) is 0 Å². The molecule has 2 N–H and O–H groups in total. The number of aromatic nitrogens is 4. The Balaban J connectivity index is 2.13. The van der Waals surface area contributed by atoms with Crippen LogP contribution in [-0.4, -0.2) is 19.3 Å². The van der Waals surface area contributed by atoms with Gasteiger partial charge in [-0.1, -0.05) is 0 Å². The molecule has 0 saturated heterocycles. The number of fused-ring (bicyclic) bond motifs is 4. The van der Waals surface area contributed by atoms with Gasteiger partial charge in [0.1, 0.15) is 11.6 Å². The maximum atomic E-state index is 13.9. The molecule has 0 saturated carbocycles. The molecule has 0 fully saturated rings. The Morgan fingerprint density at radius 2 is 2.17 bits per heavy atom. The Hall–Kier alpha value is -2.54. The number of nitrogens with two attached hydrogens (primary N) is 1. The van der Waals surface area contributed by atoms with Crippen molar-refractivity contribution in [2.75, 3.05) is 0 Å². The minimum absolute atomic E-state index is 0.235. The van der Waals surface area contributed by atoms with Crippen LogP contribution in [0.4, 0.5) is 4.39 Å². The smallest absolute Gasteiger partial charge is 0.261 e. The van der Waals surface area contributed by atoms with Crippen LogP contribution < -0.4 is 11.3 Å². The fourth-order valence-electron chi connectivity index (χ4n) is 3.20. The Bertz CT molecular complexity index is 1000. The summed E-state index contributed by atoms with van der Waals surface area (Å²) in [6.07, 6.45) is 2.51. The van der Waals surface area contributed by atoms with Gasteiger partial charge in [0.15, 0.2) is 0 Å². The number of halogens is 1. The molecule has 3 aromatic rings. The molecular formula is C16H16FN5O. The quantitative estimate of drug-likeness (QED) is 0.738. The maximum Gasteiger partial charge on any atom is 0.261 e. The molecule has 1 aliphatic heterocycles. The first kappa shape index (κ1) is 14.1. The van der Waals surface area contributed by atoms with Gasteiger partial charge in [0.2, 0.25) is 0 Å². The van der Waals surface area contributed by atoms with E-state index in [9.17, 15) is 9.18 Å². The second kappa shape index (κ2) is 4.73. The number of aryl methyl sites for hydroxylation is 2. The van der Waals surface area contributed by atoms with E-state index in [-0.39, 0.29) is 10.9 Å². The zero-order chi connectivity index (χ0) is 16.3. The summed E-state index contributed by atoms with van der Waals surface area (Å²) in [7, 11) is 1.84. The molecule has 3 heterocycles. The zero-order valence-corrected chi connectivity index (χ0v) is 12.9. The Kier molecular flexibility index (Phi) is 2.89. The fourth-order valence-corrected chi connectivity index (χ4v) is 3.20. The van der Waals surface area contributed by atoms with Gasteiger partial charge in [0, 0.05) is 32.3 Å². The monoisotopic (exact) mass is 313 g/mol. The summed E-state index contributed by atoms with van der Waals surface area (Å²) in [5.41, 5.74) is 8.48. The van der Waals surface area contributed by atoms with E-state index in [1.165, 1.54) is 12.1 Å².